The van der Waals surface area contributed by atoms with E-state index in [1.54, 1.807) is 0 Å². The van der Waals surface area contributed by atoms with Gasteiger partial charge in [0, 0.05) is 18.4 Å². The second-order valence-electron chi connectivity index (χ2n) is 6.37. The maximum Gasteiger partial charge on any atom is 0.220 e. The number of halogens is 2. The lowest BCUT2D eigenvalue weighted by Crippen LogP contribution is -2.45. The van der Waals surface area contributed by atoms with Gasteiger partial charge in [-0.3, -0.25) is 4.79 Å². The van der Waals surface area contributed by atoms with E-state index in [1.165, 1.54) is 18.6 Å². The quantitative estimate of drug-likeness (QED) is 0.672. The molecule has 23 heavy (non-hydrogen) atoms. The first kappa shape index (κ1) is 19.9. The Balaban J connectivity index is 0.00000264. The van der Waals surface area contributed by atoms with Crippen LogP contribution >= 0.6 is 12.4 Å². The minimum atomic E-state index is -0.209. The first-order valence-electron chi connectivity index (χ1n) is 8.39. The van der Waals surface area contributed by atoms with Crippen molar-refractivity contribution in [1.29, 1.82) is 0 Å². The summed E-state index contributed by atoms with van der Waals surface area (Å²) in [4.78, 5) is 12.0. The number of benzene rings is 1. The predicted molar refractivity (Wildman–Crippen MR) is 94.3 cm³/mol. The highest BCUT2D eigenvalue weighted by Crippen LogP contribution is 2.43. The van der Waals surface area contributed by atoms with Gasteiger partial charge in [-0.1, -0.05) is 31.4 Å². The summed E-state index contributed by atoms with van der Waals surface area (Å²) in [6.45, 7) is 1.40. The first-order valence-corrected chi connectivity index (χ1v) is 8.39. The fourth-order valence-electron chi connectivity index (χ4n) is 3.11. The third kappa shape index (κ3) is 5.78. The Morgan fingerprint density at radius 2 is 1.78 bits per heavy atom. The maximum absolute atomic E-state index is 13.1. The Morgan fingerprint density at radius 3 is 2.35 bits per heavy atom. The monoisotopic (exact) mass is 342 g/mol. The fourth-order valence-corrected chi connectivity index (χ4v) is 3.11. The highest BCUT2D eigenvalue weighted by molar-refractivity contribution is 5.85. The van der Waals surface area contributed by atoms with Gasteiger partial charge in [-0.15, -0.1) is 12.4 Å². The van der Waals surface area contributed by atoms with Gasteiger partial charge >= 0.3 is 0 Å². The molecule has 0 unspecified atom stereocenters. The lowest BCUT2D eigenvalue weighted by atomic mass is 9.64. The van der Waals surface area contributed by atoms with Gasteiger partial charge in [0.15, 0.2) is 0 Å². The van der Waals surface area contributed by atoms with Crippen molar-refractivity contribution in [3.05, 3.63) is 35.6 Å². The zero-order chi connectivity index (χ0) is 15.8. The van der Waals surface area contributed by atoms with E-state index in [1.807, 2.05) is 12.1 Å². The van der Waals surface area contributed by atoms with Crippen molar-refractivity contribution < 1.29 is 9.18 Å². The second-order valence-corrected chi connectivity index (χ2v) is 6.37. The Morgan fingerprint density at radius 1 is 1.13 bits per heavy atom. The topological polar surface area (TPSA) is 55.1 Å². The molecule has 3 N–H and O–H groups in total. The molecule has 0 spiro atoms. The molecule has 0 saturated heterocycles. The summed E-state index contributed by atoms with van der Waals surface area (Å²) in [5.41, 5.74) is 6.61. The lowest BCUT2D eigenvalue weighted by molar-refractivity contribution is -0.121. The van der Waals surface area contributed by atoms with Crippen LogP contribution in [0.5, 0.6) is 0 Å². The third-order valence-corrected chi connectivity index (χ3v) is 4.75. The number of hydrogen-bond donors (Lipinski definition) is 2. The van der Waals surface area contributed by atoms with E-state index in [9.17, 15) is 9.18 Å². The number of nitrogens with one attached hydrogen (secondary N) is 1. The Hall–Kier alpha value is -1.13. The van der Waals surface area contributed by atoms with Gasteiger partial charge < -0.3 is 11.1 Å². The van der Waals surface area contributed by atoms with Crippen LogP contribution in [0.2, 0.25) is 0 Å². The molecule has 1 aliphatic rings. The summed E-state index contributed by atoms with van der Waals surface area (Å²) in [7, 11) is 0. The zero-order valence-electron chi connectivity index (χ0n) is 13.7. The van der Waals surface area contributed by atoms with Gasteiger partial charge in [0.1, 0.15) is 5.82 Å². The molecule has 1 amide bonds. The Bertz CT molecular complexity index is 474. The molecule has 5 heteroatoms. The molecule has 0 atom stereocenters. The van der Waals surface area contributed by atoms with Crippen molar-refractivity contribution in [3.8, 4) is 0 Å². The molecule has 0 aliphatic heterocycles. The molecule has 0 bridgehead atoms. The Kier molecular flexibility index (Phi) is 8.56. The van der Waals surface area contributed by atoms with Gasteiger partial charge in [-0.2, -0.15) is 0 Å². The molecule has 3 nitrogen and oxygen atoms in total. The summed E-state index contributed by atoms with van der Waals surface area (Å²) in [5.74, 6) is -0.0825. The van der Waals surface area contributed by atoms with Crippen molar-refractivity contribution in [1.82, 2.24) is 5.32 Å². The van der Waals surface area contributed by atoms with Crippen LogP contribution < -0.4 is 11.1 Å². The smallest absolute Gasteiger partial charge is 0.220 e. The zero-order valence-corrected chi connectivity index (χ0v) is 14.5. The molecule has 130 valence electrons. The summed E-state index contributed by atoms with van der Waals surface area (Å²) in [5, 5.41) is 3.07. The van der Waals surface area contributed by atoms with E-state index < -0.39 is 0 Å². The molecular formula is C18H28ClFN2O. The molecule has 0 radical (unpaired) electrons. The normalized spacial score (nSPS) is 15.4. The summed E-state index contributed by atoms with van der Waals surface area (Å²) in [6, 6.07) is 6.73. The average molecular weight is 343 g/mol. The lowest BCUT2D eigenvalue weighted by Gasteiger charge is -2.42. The number of carbonyl (C=O) groups is 1. The molecule has 1 aromatic rings. The van der Waals surface area contributed by atoms with Crippen LogP contribution in [0.1, 0.15) is 56.9 Å². The molecule has 0 heterocycles. The fraction of sp³-hybridized carbons (Fsp3) is 0.611. The summed E-state index contributed by atoms with van der Waals surface area (Å²) in [6.07, 6.45) is 8.02. The van der Waals surface area contributed by atoms with Crippen molar-refractivity contribution in [2.75, 3.05) is 13.1 Å². The van der Waals surface area contributed by atoms with Gasteiger partial charge in [-0.05, 0) is 49.9 Å². The molecule has 1 saturated carbocycles. The van der Waals surface area contributed by atoms with Crippen LogP contribution in [0.25, 0.3) is 0 Å². The number of rotatable bonds is 9. The van der Waals surface area contributed by atoms with E-state index in [0.717, 1.165) is 50.6 Å². The minimum absolute atomic E-state index is 0. The highest BCUT2D eigenvalue weighted by atomic mass is 35.5. The molecule has 1 fully saturated rings. The molecular weight excluding hydrogens is 315 g/mol. The van der Waals surface area contributed by atoms with Gasteiger partial charge in [0.05, 0.1) is 0 Å². The van der Waals surface area contributed by atoms with Crippen LogP contribution in [0.3, 0.4) is 0 Å². The number of amides is 1. The number of carbonyl (C=O) groups excluding carboxylic acids is 1. The van der Waals surface area contributed by atoms with Crippen molar-refractivity contribution >= 4 is 18.3 Å². The molecule has 2 rings (SSSR count). The third-order valence-electron chi connectivity index (χ3n) is 4.75. The standard InChI is InChI=1S/C18H27FN2O.ClH/c19-16-9-7-15(8-10-16)18(11-5-12-18)14-21-17(22)6-3-1-2-4-13-20;/h7-10H,1-6,11-14,20H2,(H,21,22);1H. The second kappa shape index (κ2) is 9.89. The maximum atomic E-state index is 13.1. The largest absolute Gasteiger partial charge is 0.355 e. The molecule has 1 aliphatic carbocycles. The predicted octanol–water partition coefficient (Wildman–Crippen LogP) is 3.69. The van der Waals surface area contributed by atoms with E-state index in [4.69, 9.17) is 5.73 Å². The number of nitrogens with two attached hydrogens (primary N) is 1. The van der Waals surface area contributed by atoms with Crippen LogP contribution in [-0.2, 0) is 10.2 Å². The Labute approximate surface area is 144 Å². The molecule has 0 aromatic heterocycles. The summed E-state index contributed by atoms with van der Waals surface area (Å²) >= 11 is 0. The van der Waals surface area contributed by atoms with E-state index in [0.29, 0.717) is 13.0 Å². The van der Waals surface area contributed by atoms with Gasteiger partial charge in [0.2, 0.25) is 5.91 Å². The van der Waals surface area contributed by atoms with Crippen LogP contribution in [0, 0.1) is 5.82 Å². The van der Waals surface area contributed by atoms with Gasteiger partial charge in [-0.25, -0.2) is 4.39 Å². The average Bonchev–Trinajstić information content (AvgIpc) is 2.47. The summed E-state index contributed by atoms with van der Waals surface area (Å²) < 4.78 is 13.1. The van der Waals surface area contributed by atoms with Crippen molar-refractivity contribution in [3.63, 3.8) is 0 Å². The number of unbranched alkanes of at least 4 members (excludes halogenated alkanes) is 3. The van der Waals surface area contributed by atoms with E-state index >= 15 is 0 Å². The molecule has 1 aromatic carbocycles. The van der Waals surface area contributed by atoms with Gasteiger partial charge in [0.25, 0.3) is 0 Å². The van der Waals surface area contributed by atoms with E-state index in [-0.39, 0.29) is 29.5 Å². The van der Waals surface area contributed by atoms with Crippen LogP contribution in [0.4, 0.5) is 4.39 Å². The van der Waals surface area contributed by atoms with Crippen molar-refractivity contribution in [2.45, 2.75) is 56.8 Å². The van der Waals surface area contributed by atoms with Crippen LogP contribution in [-0.4, -0.2) is 19.0 Å². The minimum Gasteiger partial charge on any atom is -0.355 e. The van der Waals surface area contributed by atoms with E-state index in [2.05, 4.69) is 5.32 Å². The SMILES string of the molecule is Cl.NCCCCCCC(=O)NCC1(c2ccc(F)cc2)CCC1. The van der Waals surface area contributed by atoms with Crippen molar-refractivity contribution in [2.24, 2.45) is 5.73 Å². The number of hydrogen-bond acceptors (Lipinski definition) is 2. The van der Waals surface area contributed by atoms with Crippen LogP contribution in [0.15, 0.2) is 24.3 Å². The first-order chi connectivity index (χ1) is 10.7. The highest BCUT2D eigenvalue weighted by Gasteiger charge is 2.38.